The van der Waals surface area contributed by atoms with E-state index in [-0.39, 0.29) is 11.5 Å². The van der Waals surface area contributed by atoms with Crippen molar-refractivity contribution >= 4 is 20.9 Å². The molecule has 8 nitrogen and oxygen atoms in total. The Bertz CT molecular complexity index is 877. The molecule has 0 fully saturated rings. The molecule has 3 aromatic rings. The van der Waals surface area contributed by atoms with Gasteiger partial charge in [0.1, 0.15) is 11.3 Å². The molecule has 0 amide bonds. The Labute approximate surface area is 119 Å². The molecule has 0 bridgehead atoms. The Morgan fingerprint density at radius 3 is 2.81 bits per heavy atom. The summed E-state index contributed by atoms with van der Waals surface area (Å²) in [7, 11) is -3.84. The third-order valence-corrected chi connectivity index (χ3v) is 3.73. The van der Waals surface area contributed by atoms with Crippen LogP contribution in [0.5, 0.6) is 5.75 Å². The summed E-state index contributed by atoms with van der Waals surface area (Å²) in [6, 6.07) is 6.11. The standard InChI is InChI=1S/C12H10N4O4S/c13-21(17,18)10-4-3-9(12-8(10)2-1-5-14-12)19-6-11-15-7-20-16-11/h1-5,7H,6H2,(H2,13,17,18). The lowest BCUT2D eigenvalue weighted by Crippen LogP contribution is -2.13. The summed E-state index contributed by atoms with van der Waals surface area (Å²) in [6.07, 6.45) is 2.73. The Kier molecular flexibility index (Phi) is 3.28. The second-order valence-corrected chi connectivity index (χ2v) is 5.67. The molecule has 0 unspecified atom stereocenters. The Morgan fingerprint density at radius 1 is 1.24 bits per heavy atom. The molecule has 0 aliphatic carbocycles. The number of benzene rings is 1. The second kappa shape index (κ2) is 5.11. The summed E-state index contributed by atoms with van der Waals surface area (Å²) < 4.78 is 33.3. The van der Waals surface area contributed by atoms with E-state index in [2.05, 4.69) is 19.6 Å². The van der Waals surface area contributed by atoms with Gasteiger partial charge in [0.15, 0.2) is 6.61 Å². The molecule has 3 rings (SSSR count). The maximum absolute atomic E-state index is 11.6. The van der Waals surface area contributed by atoms with Crippen molar-refractivity contribution in [2.24, 2.45) is 5.14 Å². The molecular formula is C12H10N4O4S. The number of primary sulfonamides is 1. The number of ether oxygens (including phenoxy) is 1. The van der Waals surface area contributed by atoms with Gasteiger partial charge in [-0.3, -0.25) is 4.98 Å². The van der Waals surface area contributed by atoms with E-state index in [1.54, 1.807) is 12.1 Å². The normalized spacial score (nSPS) is 11.7. The highest BCUT2D eigenvalue weighted by atomic mass is 32.2. The van der Waals surface area contributed by atoms with Crippen LogP contribution in [0.4, 0.5) is 0 Å². The van der Waals surface area contributed by atoms with Crippen molar-refractivity contribution in [3.8, 4) is 5.75 Å². The molecule has 0 atom stereocenters. The molecular weight excluding hydrogens is 296 g/mol. The van der Waals surface area contributed by atoms with Gasteiger partial charge in [0.05, 0.1) is 4.90 Å². The highest BCUT2D eigenvalue weighted by Crippen LogP contribution is 2.29. The van der Waals surface area contributed by atoms with Crippen molar-refractivity contribution in [3.05, 3.63) is 42.7 Å². The number of pyridine rings is 1. The fourth-order valence-corrected chi connectivity index (χ4v) is 2.61. The number of nitrogens with two attached hydrogens (primary N) is 1. The first-order valence-electron chi connectivity index (χ1n) is 5.84. The lowest BCUT2D eigenvalue weighted by Gasteiger charge is -2.09. The molecule has 2 N–H and O–H groups in total. The molecule has 2 heterocycles. The van der Waals surface area contributed by atoms with E-state index in [1.165, 1.54) is 24.7 Å². The first kappa shape index (κ1) is 13.5. The fourth-order valence-electron chi connectivity index (χ4n) is 1.88. The van der Waals surface area contributed by atoms with Crippen LogP contribution in [0.25, 0.3) is 10.9 Å². The van der Waals surface area contributed by atoms with Gasteiger partial charge in [-0.15, -0.1) is 0 Å². The van der Waals surface area contributed by atoms with Crippen LogP contribution < -0.4 is 9.88 Å². The summed E-state index contributed by atoms with van der Waals surface area (Å²) in [5.74, 6) is 0.775. The zero-order valence-electron chi connectivity index (χ0n) is 10.6. The molecule has 0 radical (unpaired) electrons. The molecule has 108 valence electrons. The number of hydrogen-bond acceptors (Lipinski definition) is 7. The first-order chi connectivity index (χ1) is 10.1. The van der Waals surface area contributed by atoms with Gasteiger partial charge in [0.25, 0.3) is 0 Å². The molecule has 0 saturated heterocycles. The average molecular weight is 306 g/mol. The van der Waals surface area contributed by atoms with Crippen molar-refractivity contribution in [1.82, 2.24) is 15.1 Å². The molecule has 21 heavy (non-hydrogen) atoms. The van der Waals surface area contributed by atoms with E-state index in [9.17, 15) is 8.42 Å². The lowest BCUT2D eigenvalue weighted by atomic mass is 10.2. The highest BCUT2D eigenvalue weighted by Gasteiger charge is 2.16. The van der Waals surface area contributed by atoms with Crippen LogP contribution in [0.1, 0.15) is 5.82 Å². The van der Waals surface area contributed by atoms with Crippen LogP contribution in [0, 0.1) is 0 Å². The Morgan fingerprint density at radius 2 is 2.10 bits per heavy atom. The zero-order chi connectivity index (χ0) is 14.9. The van der Waals surface area contributed by atoms with Gasteiger partial charge in [-0.1, -0.05) is 5.16 Å². The molecule has 2 aromatic heterocycles. The van der Waals surface area contributed by atoms with E-state index >= 15 is 0 Å². The van der Waals surface area contributed by atoms with Crippen LogP contribution in [0.3, 0.4) is 0 Å². The van der Waals surface area contributed by atoms with Crippen LogP contribution in [0.15, 0.2) is 46.3 Å². The van der Waals surface area contributed by atoms with E-state index in [1.807, 2.05) is 0 Å². The lowest BCUT2D eigenvalue weighted by molar-refractivity contribution is 0.289. The number of fused-ring (bicyclic) bond motifs is 1. The van der Waals surface area contributed by atoms with Crippen LogP contribution in [0.2, 0.25) is 0 Å². The van der Waals surface area contributed by atoms with Crippen LogP contribution in [-0.4, -0.2) is 23.5 Å². The van der Waals surface area contributed by atoms with Crippen LogP contribution in [-0.2, 0) is 16.6 Å². The predicted octanol–water partition coefficient (Wildman–Crippen LogP) is 0.844. The molecule has 0 spiro atoms. The van der Waals surface area contributed by atoms with Crippen molar-refractivity contribution in [3.63, 3.8) is 0 Å². The summed E-state index contributed by atoms with van der Waals surface area (Å²) in [4.78, 5) is 7.97. The molecule has 1 aromatic carbocycles. The maximum atomic E-state index is 11.6. The van der Waals surface area contributed by atoms with Crippen molar-refractivity contribution < 1.29 is 17.7 Å². The quantitative estimate of drug-likeness (QED) is 0.758. The van der Waals surface area contributed by atoms with Gasteiger partial charge < -0.3 is 9.26 Å². The molecule has 0 saturated carbocycles. The van der Waals surface area contributed by atoms with E-state index < -0.39 is 10.0 Å². The van der Waals surface area contributed by atoms with Crippen molar-refractivity contribution in [1.29, 1.82) is 0 Å². The number of hydrogen-bond donors (Lipinski definition) is 1. The summed E-state index contributed by atoms with van der Waals surface area (Å²) in [5.41, 5.74) is 0.396. The number of sulfonamides is 1. The largest absolute Gasteiger partial charge is 0.483 e. The van der Waals surface area contributed by atoms with Crippen molar-refractivity contribution in [2.45, 2.75) is 11.5 Å². The van der Waals surface area contributed by atoms with Gasteiger partial charge in [-0.25, -0.2) is 13.6 Å². The van der Waals surface area contributed by atoms with E-state index in [0.717, 1.165) is 0 Å². The SMILES string of the molecule is NS(=O)(=O)c1ccc(OCc2ncon2)c2ncccc12. The smallest absolute Gasteiger partial charge is 0.238 e. The topological polar surface area (TPSA) is 121 Å². The molecule has 0 aliphatic heterocycles. The highest BCUT2D eigenvalue weighted by molar-refractivity contribution is 7.89. The minimum Gasteiger partial charge on any atom is -0.483 e. The van der Waals surface area contributed by atoms with Gasteiger partial charge >= 0.3 is 0 Å². The second-order valence-electron chi connectivity index (χ2n) is 4.14. The average Bonchev–Trinajstić information content (AvgIpc) is 2.96. The maximum Gasteiger partial charge on any atom is 0.238 e. The molecule has 9 heteroatoms. The monoisotopic (exact) mass is 306 g/mol. The Hall–Kier alpha value is -2.52. The van der Waals surface area contributed by atoms with Gasteiger partial charge in [0, 0.05) is 11.6 Å². The Balaban J connectivity index is 2.05. The number of aromatic nitrogens is 3. The fraction of sp³-hybridized carbons (Fsp3) is 0.0833. The summed E-state index contributed by atoms with van der Waals surface area (Å²) >= 11 is 0. The minimum absolute atomic E-state index is 0.00230. The molecule has 0 aliphatic rings. The predicted molar refractivity (Wildman–Crippen MR) is 71.7 cm³/mol. The third kappa shape index (κ3) is 2.69. The minimum atomic E-state index is -3.84. The van der Waals surface area contributed by atoms with E-state index in [0.29, 0.717) is 22.5 Å². The van der Waals surface area contributed by atoms with Crippen LogP contribution >= 0.6 is 0 Å². The number of nitrogens with zero attached hydrogens (tertiary/aromatic N) is 3. The first-order valence-corrected chi connectivity index (χ1v) is 7.39. The zero-order valence-corrected chi connectivity index (χ0v) is 11.4. The summed E-state index contributed by atoms with van der Waals surface area (Å²) in [5, 5.41) is 9.21. The summed E-state index contributed by atoms with van der Waals surface area (Å²) in [6.45, 7) is 0.0803. The van der Waals surface area contributed by atoms with Gasteiger partial charge in [-0.2, -0.15) is 4.98 Å². The number of rotatable bonds is 4. The van der Waals surface area contributed by atoms with Gasteiger partial charge in [-0.05, 0) is 24.3 Å². The third-order valence-electron chi connectivity index (χ3n) is 2.76. The van der Waals surface area contributed by atoms with Crippen molar-refractivity contribution in [2.75, 3.05) is 0 Å². The van der Waals surface area contributed by atoms with E-state index in [4.69, 9.17) is 9.88 Å². The van der Waals surface area contributed by atoms with Gasteiger partial charge in [0.2, 0.25) is 22.2 Å².